The first-order valence-electron chi connectivity index (χ1n) is 5.90. The lowest BCUT2D eigenvalue weighted by Crippen LogP contribution is -2.08. The molecular formula is C12H12F4N4. The molecule has 0 saturated heterocycles. The third-order valence-corrected chi connectivity index (χ3v) is 2.68. The summed E-state index contributed by atoms with van der Waals surface area (Å²) in [6, 6.07) is 2.40. The maximum Gasteiger partial charge on any atom is 0.417 e. The predicted octanol–water partition coefficient (Wildman–Crippen LogP) is 2.52. The van der Waals surface area contributed by atoms with Gasteiger partial charge in [-0.3, -0.25) is 5.10 Å². The van der Waals surface area contributed by atoms with Crippen LogP contribution in [0.3, 0.4) is 0 Å². The molecule has 3 N–H and O–H groups in total. The summed E-state index contributed by atoms with van der Waals surface area (Å²) in [7, 11) is 0. The van der Waals surface area contributed by atoms with Crippen LogP contribution >= 0.6 is 0 Å². The molecule has 0 fully saturated rings. The minimum absolute atomic E-state index is 0.107. The van der Waals surface area contributed by atoms with Crippen molar-refractivity contribution in [2.75, 3.05) is 6.54 Å². The summed E-state index contributed by atoms with van der Waals surface area (Å²) in [5, 5.41) is 6.30. The Morgan fingerprint density at radius 1 is 1.25 bits per heavy atom. The highest BCUT2D eigenvalue weighted by Gasteiger charge is 2.35. The van der Waals surface area contributed by atoms with E-state index >= 15 is 0 Å². The number of halogens is 4. The van der Waals surface area contributed by atoms with E-state index in [2.05, 4.69) is 15.2 Å². The van der Waals surface area contributed by atoms with E-state index in [0.29, 0.717) is 31.3 Å². The highest BCUT2D eigenvalue weighted by atomic mass is 19.4. The summed E-state index contributed by atoms with van der Waals surface area (Å²) >= 11 is 0. The fourth-order valence-electron chi connectivity index (χ4n) is 1.74. The second-order valence-electron chi connectivity index (χ2n) is 4.19. The van der Waals surface area contributed by atoms with Gasteiger partial charge in [0.1, 0.15) is 11.6 Å². The van der Waals surface area contributed by atoms with Crippen molar-refractivity contribution in [1.82, 2.24) is 15.2 Å². The van der Waals surface area contributed by atoms with E-state index in [-0.39, 0.29) is 11.4 Å². The van der Waals surface area contributed by atoms with Gasteiger partial charge in [-0.1, -0.05) is 0 Å². The third kappa shape index (κ3) is 3.13. The van der Waals surface area contributed by atoms with Gasteiger partial charge in [0, 0.05) is 12.0 Å². The second kappa shape index (κ2) is 5.58. The Morgan fingerprint density at radius 3 is 2.65 bits per heavy atom. The summed E-state index contributed by atoms with van der Waals surface area (Å²) in [6.07, 6.45) is -3.54. The smallest absolute Gasteiger partial charge is 0.330 e. The molecule has 2 rings (SSSR count). The van der Waals surface area contributed by atoms with E-state index in [9.17, 15) is 17.6 Å². The molecule has 1 aromatic heterocycles. The van der Waals surface area contributed by atoms with Crippen LogP contribution in [0, 0.1) is 5.82 Å². The monoisotopic (exact) mass is 288 g/mol. The van der Waals surface area contributed by atoms with Gasteiger partial charge in [-0.15, -0.1) is 0 Å². The van der Waals surface area contributed by atoms with Crippen LogP contribution < -0.4 is 5.73 Å². The molecule has 0 aliphatic heterocycles. The molecule has 4 nitrogen and oxygen atoms in total. The average molecular weight is 288 g/mol. The molecule has 1 heterocycles. The average Bonchev–Trinajstić information content (AvgIpc) is 2.84. The molecule has 1 aromatic carbocycles. The number of alkyl halides is 3. The van der Waals surface area contributed by atoms with E-state index in [1.165, 1.54) is 0 Å². The SMILES string of the molecule is NCCCc1nc(-c2ccc(F)cc2C(F)(F)F)n[nH]1. The second-order valence-corrected chi connectivity index (χ2v) is 4.19. The van der Waals surface area contributed by atoms with Crippen LogP contribution in [0.15, 0.2) is 18.2 Å². The summed E-state index contributed by atoms with van der Waals surface area (Å²) in [6.45, 7) is 0.445. The van der Waals surface area contributed by atoms with Crippen LogP contribution in [0.25, 0.3) is 11.4 Å². The van der Waals surface area contributed by atoms with Gasteiger partial charge in [-0.25, -0.2) is 9.37 Å². The minimum Gasteiger partial charge on any atom is -0.330 e. The fraction of sp³-hybridized carbons (Fsp3) is 0.333. The number of aromatic nitrogens is 3. The normalized spacial score (nSPS) is 11.8. The number of nitrogens with one attached hydrogen (secondary N) is 1. The Morgan fingerprint density at radius 2 is 2.00 bits per heavy atom. The maximum atomic E-state index is 13.0. The Labute approximate surface area is 112 Å². The number of nitrogens with zero attached hydrogens (tertiary/aromatic N) is 2. The Kier molecular flexibility index (Phi) is 4.03. The lowest BCUT2D eigenvalue weighted by atomic mass is 10.1. The molecule has 0 unspecified atom stereocenters. The first kappa shape index (κ1) is 14.4. The molecule has 0 saturated carbocycles. The molecule has 0 aliphatic carbocycles. The molecule has 0 aliphatic rings. The van der Waals surface area contributed by atoms with E-state index < -0.39 is 17.6 Å². The topological polar surface area (TPSA) is 67.6 Å². The van der Waals surface area contributed by atoms with Crippen molar-refractivity contribution in [3.05, 3.63) is 35.4 Å². The van der Waals surface area contributed by atoms with Crippen molar-refractivity contribution in [2.45, 2.75) is 19.0 Å². The van der Waals surface area contributed by atoms with Crippen molar-refractivity contribution in [1.29, 1.82) is 0 Å². The zero-order valence-electron chi connectivity index (χ0n) is 10.3. The first-order valence-corrected chi connectivity index (χ1v) is 5.90. The van der Waals surface area contributed by atoms with Gasteiger partial charge >= 0.3 is 6.18 Å². The van der Waals surface area contributed by atoms with Crippen LogP contribution in [0.2, 0.25) is 0 Å². The largest absolute Gasteiger partial charge is 0.417 e. The van der Waals surface area contributed by atoms with E-state index in [4.69, 9.17) is 5.73 Å². The number of H-pyrrole nitrogens is 1. The van der Waals surface area contributed by atoms with Crippen molar-refractivity contribution in [3.8, 4) is 11.4 Å². The maximum absolute atomic E-state index is 13.0. The van der Waals surface area contributed by atoms with E-state index in [1.54, 1.807) is 0 Å². The number of aromatic amines is 1. The van der Waals surface area contributed by atoms with Gasteiger partial charge < -0.3 is 5.73 Å². The minimum atomic E-state index is -4.67. The Balaban J connectivity index is 2.39. The highest BCUT2D eigenvalue weighted by molar-refractivity contribution is 5.61. The summed E-state index contributed by atoms with van der Waals surface area (Å²) in [5.74, 6) is -0.618. The summed E-state index contributed by atoms with van der Waals surface area (Å²) in [5.41, 5.74) is 3.99. The lowest BCUT2D eigenvalue weighted by molar-refractivity contribution is -0.137. The number of rotatable bonds is 4. The lowest BCUT2D eigenvalue weighted by Gasteiger charge is -2.10. The molecular weight excluding hydrogens is 276 g/mol. The zero-order chi connectivity index (χ0) is 14.8. The van der Waals surface area contributed by atoms with Gasteiger partial charge in [0.05, 0.1) is 5.56 Å². The van der Waals surface area contributed by atoms with Crippen LogP contribution in [0.4, 0.5) is 17.6 Å². The predicted molar refractivity (Wildman–Crippen MR) is 64.2 cm³/mol. The first-order chi connectivity index (χ1) is 9.41. The third-order valence-electron chi connectivity index (χ3n) is 2.68. The molecule has 0 bridgehead atoms. The van der Waals surface area contributed by atoms with Crippen molar-refractivity contribution in [2.24, 2.45) is 5.73 Å². The standard InChI is InChI=1S/C12H12F4N4/c13-7-3-4-8(9(6-7)12(14,15)16)11-18-10(19-20-11)2-1-5-17/h3-4,6H,1-2,5,17H2,(H,18,19,20). The summed E-state index contributed by atoms with van der Waals surface area (Å²) < 4.78 is 51.6. The van der Waals surface area contributed by atoms with Gasteiger partial charge in [-0.05, 0) is 31.2 Å². The van der Waals surface area contributed by atoms with E-state index in [0.717, 1.165) is 12.1 Å². The molecule has 108 valence electrons. The number of nitrogens with two attached hydrogens (primary N) is 1. The van der Waals surface area contributed by atoms with Crippen LogP contribution in [-0.2, 0) is 12.6 Å². The van der Waals surface area contributed by atoms with Crippen molar-refractivity contribution >= 4 is 0 Å². The van der Waals surface area contributed by atoms with Crippen molar-refractivity contribution in [3.63, 3.8) is 0 Å². The number of hydrogen-bond acceptors (Lipinski definition) is 3. The molecule has 20 heavy (non-hydrogen) atoms. The summed E-state index contributed by atoms with van der Waals surface area (Å²) in [4.78, 5) is 3.98. The van der Waals surface area contributed by atoms with Gasteiger partial charge in [-0.2, -0.15) is 18.3 Å². The highest BCUT2D eigenvalue weighted by Crippen LogP contribution is 2.36. The van der Waals surface area contributed by atoms with Crippen LogP contribution in [-0.4, -0.2) is 21.7 Å². The van der Waals surface area contributed by atoms with Crippen LogP contribution in [0.1, 0.15) is 17.8 Å². The number of hydrogen-bond donors (Lipinski definition) is 2. The Bertz CT molecular complexity index is 591. The van der Waals surface area contributed by atoms with Gasteiger partial charge in [0.25, 0.3) is 0 Å². The number of benzene rings is 1. The van der Waals surface area contributed by atoms with Gasteiger partial charge in [0.15, 0.2) is 5.82 Å². The van der Waals surface area contributed by atoms with E-state index in [1.807, 2.05) is 0 Å². The fourth-order valence-corrected chi connectivity index (χ4v) is 1.74. The molecule has 2 aromatic rings. The molecule has 8 heteroatoms. The Hall–Kier alpha value is -1.96. The molecule has 0 radical (unpaired) electrons. The van der Waals surface area contributed by atoms with Gasteiger partial charge in [0.2, 0.25) is 0 Å². The van der Waals surface area contributed by atoms with Crippen LogP contribution in [0.5, 0.6) is 0 Å². The number of aryl methyl sites for hydroxylation is 1. The zero-order valence-corrected chi connectivity index (χ0v) is 10.3. The van der Waals surface area contributed by atoms with Crippen molar-refractivity contribution < 1.29 is 17.6 Å². The molecule has 0 atom stereocenters. The molecule has 0 amide bonds. The quantitative estimate of drug-likeness (QED) is 0.849. The molecule has 0 spiro atoms.